The van der Waals surface area contributed by atoms with E-state index in [2.05, 4.69) is 41.0 Å². The number of halogens is 3. The minimum atomic E-state index is -4.75. The lowest BCUT2D eigenvalue weighted by molar-refractivity contribution is -0.136. The number of hydrogen-bond donors (Lipinski definition) is 2. The van der Waals surface area contributed by atoms with Gasteiger partial charge in [0.05, 0.1) is 34.7 Å². The van der Waals surface area contributed by atoms with Crippen LogP contribution in [-0.2, 0) is 6.18 Å². The summed E-state index contributed by atoms with van der Waals surface area (Å²) in [7, 11) is 2.15. The Morgan fingerprint density at radius 2 is 1.87 bits per heavy atom. The summed E-state index contributed by atoms with van der Waals surface area (Å²) in [5.74, 6) is 0.551. The molecule has 0 bridgehead atoms. The molecule has 4 atom stereocenters. The zero-order valence-corrected chi connectivity index (χ0v) is 27.2. The fraction of sp³-hybridized carbons (Fsp3) is 0.556. The minimum absolute atomic E-state index is 0.0820. The summed E-state index contributed by atoms with van der Waals surface area (Å²) in [5.41, 5.74) is 6.28. The maximum Gasteiger partial charge on any atom is 0.418 e. The van der Waals surface area contributed by atoms with E-state index in [-0.39, 0.29) is 28.8 Å². The Morgan fingerprint density at radius 1 is 1.04 bits per heavy atom. The molecule has 2 aliphatic heterocycles. The molecule has 4 heterocycles. The Morgan fingerprint density at radius 3 is 2.57 bits per heavy atom. The lowest BCUT2D eigenvalue weighted by Gasteiger charge is -2.51. The number of hydrogen-bond acceptors (Lipinski definition) is 5. The summed E-state index contributed by atoms with van der Waals surface area (Å²) in [5, 5.41) is 0. The topological polar surface area (TPSA) is 74.0 Å². The summed E-state index contributed by atoms with van der Waals surface area (Å²) in [6, 6.07) is 8.66. The molecule has 7 rings (SSSR count). The van der Waals surface area contributed by atoms with Crippen molar-refractivity contribution in [1.29, 1.82) is 0 Å². The normalized spacial score (nSPS) is 26.8. The molecule has 47 heavy (non-hydrogen) atoms. The van der Waals surface area contributed by atoms with Crippen LogP contribution in [0.25, 0.3) is 11.2 Å². The lowest BCUT2D eigenvalue weighted by atomic mass is 9.63. The first-order valence-corrected chi connectivity index (χ1v) is 17.2. The molecule has 1 amide bonds. The first kappa shape index (κ1) is 32.2. The molecule has 3 fully saturated rings. The van der Waals surface area contributed by atoms with Crippen LogP contribution >= 0.6 is 0 Å². The molecule has 2 unspecified atom stereocenters. The molecule has 1 saturated carbocycles. The smallest absolute Gasteiger partial charge is 0.338 e. The van der Waals surface area contributed by atoms with Gasteiger partial charge in [-0.05, 0) is 87.6 Å². The van der Waals surface area contributed by atoms with Gasteiger partial charge in [-0.3, -0.25) is 18.7 Å². The quantitative estimate of drug-likeness (QED) is 0.306. The highest BCUT2D eigenvalue weighted by Crippen LogP contribution is 2.51. The average Bonchev–Trinajstić information content (AvgIpc) is 3.43. The van der Waals surface area contributed by atoms with Crippen molar-refractivity contribution >= 4 is 11.4 Å². The van der Waals surface area contributed by atoms with Crippen LogP contribution in [0.5, 0.6) is 0 Å². The number of rotatable bonds is 6. The fourth-order valence-electron chi connectivity index (χ4n) is 8.60. The molecule has 3 aromatic rings. The number of fused-ring (bicyclic) bond motifs is 1. The highest BCUT2D eigenvalue weighted by Gasteiger charge is 2.54. The number of imidazole rings is 1. The molecular formula is C36H45F3N6O2. The molecular weight excluding hydrogens is 605 g/mol. The number of benzene rings is 1. The van der Waals surface area contributed by atoms with Crippen LogP contribution in [0.2, 0.25) is 0 Å². The summed E-state index contributed by atoms with van der Waals surface area (Å²) in [6.07, 6.45) is 12.0. The molecule has 252 valence electrons. The molecule has 2 aliphatic carbocycles. The maximum absolute atomic E-state index is 14.5. The molecule has 1 aromatic carbocycles. The van der Waals surface area contributed by atoms with E-state index in [0.29, 0.717) is 31.4 Å². The number of carbonyl (C=O) groups excluding carboxylic acids is 1. The molecule has 4 aliphatic rings. The summed E-state index contributed by atoms with van der Waals surface area (Å²) >= 11 is 0. The SMILES string of the molecule is C[C@H]1CCCN(C(=O)c2cc(C(F)(F)F)c3cn(-c4cccc([C@@H](C5CCC5)C5(C6C=CCCCC6)NNCN5C)c4)c(=O)n3c2)C1. The number of piperidine rings is 1. The Labute approximate surface area is 273 Å². The second-order valence-electron chi connectivity index (χ2n) is 14.2. The van der Waals surface area contributed by atoms with Crippen molar-refractivity contribution in [2.24, 2.45) is 17.8 Å². The van der Waals surface area contributed by atoms with Gasteiger partial charge in [0.2, 0.25) is 0 Å². The summed E-state index contributed by atoms with van der Waals surface area (Å²) in [6.45, 7) is 3.70. The molecule has 0 radical (unpaired) electrons. The monoisotopic (exact) mass is 650 g/mol. The molecule has 2 N–H and O–H groups in total. The van der Waals surface area contributed by atoms with Crippen molar-refractivity contribution in [2.45, 2.75) is 82.5 Å². The van der Waals surface area contributed by atoms with Crippen molar-refractivity contribution in [3.05, 3.63) is 82.1 Å². The minimum Gasteiger partial charge on any atom is -0.338 e. The number of amides is 1. The Kier molecular flexibility index (Phi) is 8.59. The van der Waals surface area contributed by atoms with Gasteiger partial charge < -0.3 is 4.90 Å². The fourth-order valence-corrected chi connectivity index (χ4v) is 8.60. The summed E-state index contributed by atoms with van der Waals surface area (Å²) < 4.78 is 45.8. The number of pyridine rings is 1. The number of likely N-dealkylation sites (N-methyl/N-ethyl adjacent to an activating group) is 1. The standard InChI is InChI=1S/C36H45F3N6O2/c1-24-10-9-17-43(20-24)33(46)27-19-30(36(37,38)39)31-22-44(34(47)45(31)21-27)29-16-8-13-26(18-29)32(25-11-7-12-25)35(41-40-23-42(35)2)28-14-5-3-4-6-15-28/h5,8,13-14,16,18-19,21-22,24-25,28,32,40-41H,3-4,6-7,9-12,15,17,20,23H2,1-2H3/t24-,28?,32+,35?/m0/s1. The van der Waals surface area contributed by atoms with Crippen molar-refractivity contribution in [1.82, 2.24) is 29.6 Å². The van der Waals surface area contributed by atoms with E-state index in [0.717, 1.165) is 67.4 Å². The van der Waals surface area contributed by atoms with E-state index in [4.69, 9.17) is 0 Å². The van der Waals surface area contributed by atoms with Gasteiger partial charge in [-0.25, -0.2) is 15.6 Å². The second kappa shape index (κ2) is 12.6. The van der Waals surface area contributed by atoms with Crippen molar-refractivity contribution < 1.29 is 18.0 Å². The van der Waals surface area contributed by atoms with E-state index in [1.165, 1.54) is 23.4 Å². The van der Waals surface area contributed by atoms with Gasteiger partial charge in [0.1, 0.15) is 0 Å². The van der Waals surface area contributed by atoms with Gasteiger partial charge in [-0.2, -0.15) is 13.2 Å². The lowest BCUT2D eigenvalue weighted by Crippen LogP contribution is -2.62. The van der Waals surface area contributed by atoms with Crippen molar-refractivity contribution in [2.75, 3.05) is 26.8 Å². The Balaban J connectivity index is 1.33. The number of nitrogens with one attached hydrogen (secondary N) is 2. The Bertz CT molecular complexity index is 1730. The third-order valence-electron chi connectivity index (χ3n) is 11.2. The third kappa shape index (κ3) is 5.74. The first-order chi connectivity index (χ1) is 22.6. The highest BCUT2D eigenvalue weighted by molar-refractivity contribution is 5.95. The third-order valence-corrected chi connectivity index (χ3v) is 11.2. The summed E-state index contributed by atoms with van der Waals surface area (Å²) in [4.78, 5) is 31.3. The van der Waals surface area contributed by atoms with E-state index in [1.54, 1.807) is 11.0 Å². The van der Waals surface area contributed by atoms with E-state index < -0.39 is 29.0 Å². The van der Waals surface area contributed by atoms with Gasteiger partial charge in [-0.15, -0.1) is 0 Å². The first-order valence-electron chi connectivity index (χ1n) is 17.2. The van der Waals surface area contributed by atoms with Gasteiger partial charge in [-0.1, -0.05) is 44.1 Å². The molecule has 2 aromatic heterocycles. The van der Waals surface area contributed by atoms with Crippen LogP contribution in [0.3, 0.4) is 0 Å². The number of hydrazine groups is 1. The maximum atomic E-state index is 14.5. The zero-order chi connectivity index (χ0) is 32.9. The van der Waals surface area contributed by atoms with Crippen LogP contribution in [0.15, 0.2) is 59.7 Å². The van der Waals surface area contributed by atoms with Crippen molar-refractivity contribution in [3.63, 3.8) is 0 Å². The predicted octanol–water partition coefficient (Wildman–Crippen LogP) is 6.30. The van der Waals surface area contributed by atoms with Gasteiger partial charge in [0, 0.05) is 37.3 Å². The van der Waals surface area contributed by atoms with E-state index in [1.807, 2.05) is 19.1 Å². The molecule has 8 nitrogen and oxygen atoms in total. The number of carbonyl (C=O) groups is 1. The predicted molar refractivity (Wildman–Crippen MR) is 175 cm³/mol. The van der Waals surface area contributed by atoms with Crippen molar-refractivity contribution in [3.8, 4) is 5.69 Å². The van der Waals surface area contributed by atoms with Crippen LogP contribution in [0.1, 0.15) is 92.1 Å². The van der Waals surface area contributed by atoms with Gasteiger partial charge in [0.15, 0.2) is 0 Å². The van der Waals surface area contributed by atoms with Crippen LogP contribution in [0.4, 0.5) is 13.2 Å². The number of nitrogens with zero attached hydrogens (tertiary/aromatic N) is 4. The molecule has 0 spiro atoms. The Hall–Kier alpha value is -3.41. The number of alkyl halides is 3. The second-order valence-corrected chi connectivity index (χ2v) is 14.2. The highest BCUT2D eigenvalue weighted by atomic mass is 19.4. The van der Waals surface area contributed by atoms with Gasteiger partial charge >= 0.3 is 11.9 Å². The van der Waals surface area contributed by atoms with Crippen LogP contribution < -0.4 is 16.5 Å². The van der Waals surface area contributed by atoms with E-state index >= 15 is 0 Å². The number of likely N-dealkylation sites (tertiary alicyclic amines) is 1. The molecule has 2 saturated heterocycles. The zero-order valence-electron chi connectivity index (χ0n) is 27.2. The number of aromatic nitrogens is 2. The van der Waals surface area contributed by atoms with Crippen LogP contribution in [-0.4, -0.2) is 57.1 Å². The van der Waals surface area contributed by atoms with E-state index in [9.17, 15) is 22.8 Å². The number of allylic oxidation sites excluding steroid dienone is 1. The van der Waals surface area contributed by atoms with Gasteiger partial charge in [0.25, 0.3) is 5.91 Å². The average molecular weight is 651 g/mol. The van der Waals surface area contributed by atoms with Crippen LogP contribution in [0, 0.1) is 17.8 Å². The molecule has 11 heteroatoms. The largest absolute Gasteiger partial charge is 0.418 e.